The molecule has 14 nitrogen and oxygen atoms in total. The number of ether oxygens (including phenoxy) is 1. The molecule has 2 rings (SSSR count). The number of aromatic amines is 1. The fourth-order valence-electron chi connectivity index (χ4n) is 2.01. The summed E-state index contributed by atoms with van der Waals surface area (Å²) in [5.74, 6) is 0. The zero-order chi connectivity index (χ0) is 19.4. The van der Waals surface area contributed by atoms with E-state index in [0.717, 1.165) is 4.57 Å². The van der Waals surface area contributed by atoms with E-state index in [9.17, 15) is 19.3 Å². The summed E-state index contributed by atoms with van der Waals surface area (Å²) in [4.78, 5) is 42.3. The van der Waals surface area contributed by atoms with Gasteiger partial charge in [-0.2, -0.15) is 0 Å². The number of aliphatic hydroxyl groups is 2. The first-order valence-corrected chi connectivity index (χ1v) is 8.97. The largest absolute Gasteiger partial charge is 0.469 e. The number of nitrogens with zero attached hydrogens (tertiary/aromatic N) is 1. The molecule has 3 atom stereocenters. The third-order valence-corrected chi connectivity index (χ3v) is 3.55. The molecule has 0 bridgehead atoms. The summed E-state index contributed by atoms with van der Waals surface area (Å²) >= 11 is 0. The second-order valence-electron chi connectivity index (χ2n) is 5.79. The van der Waals surface area contributed by atoms with Crippen molar-refractivity contribution >= 4 is 7.82 Å². The van der Waals surface area contributed by atoms with Crippen molar-refractivity contribution < 1.29 is 72.0 Å². The van der Waals surface area contributed by atoms with Gasteiger partial charge in [0.15, 0.2) is 0 Å². The smallest absolute Gasteiger partial charge is 0.412 e. The molecule has 1 fully saturated rings. The van der Waals surface area contributed by atoms with Gasteiger partial charge in [-0.05, 0) is 20.8 Å². The van der Waals surface area contributed by atoms with Gasteiger partial charge in [0, 0.05) is 46.0 Å². The fourth-order valence-corrected chi connectivity index (χ4v) is 2.35. The topological polar surface area (TPSA) is 266 Å². The van der Waals surface area contributed by atoms with Crippen molar-refractivity contribution in [2.75, 3.05) is 6.61 Å². The maximum Gasteiger partial charge on any atom is 0.469 e. The van der Waals surface area contributed by atoms with Crippen molar-refractivity contribution in [3.8, 4) is 0 Å². The van der Waals surface area contributed by atoms with Crippen molar-refractivity contribution in [1.29, 1.82) is 0 Å². The van der Waals surface area contributed by atoms with Crippen molar-refractivity contribution in [2.24, 2.45) is 0 Å². The molecule has 0 saturated carbocycles. The molecule has 172 valence electrons. The third kappa shape index (κ3) is 12.5. The summed E-state index contributed by atoms with van der Waals surface area (Å²) in [6.07, 6.45) is -1.73. The molecular formula is C13H29N2O12PTi. The minimum atomic E-state index is -4.67. The van der Waals surface area contributed by atoms with Gasteiger partial charge in [-0.1, -0.05) is 0 Å². The Morgan fingerprint density at radius 1 is 1.31 bits per heavy atom. The summed E-state index contributed by atoms with van der Waals surface area (Å²) in [7, 11) is -4.67. The standard InChI is InChI=1S/C10H15N2O8P.C3H8O.3H2O.Ti/c1-5-3-12(10(15)11-9(5)14)8-2-6(13)7(20-8)4-19-21(16,17)18;1-3(2)4;;;;/h3,6-8,13H,2,4H2,1H3,(H,11,14,15)(H2,16,17,18);3-4H,1-2H3;3*1H2;/t6-,7+,8+;;;;;/m0...../s1. The molecule has 2 heterocycles. The van der Waals surface area contributed by atoms with Gasteiger partial charge >= 0.3 is 13.5 Å². The number of H-pyrrole nitrogens is 1. The Hall–Kier alpha value is -0.736. The van der Waals surface area contributed by atoms with E-state index in [0.29, 0.717) is 5.56 Å². The number of phosphoric acid groups is 1. The number of aryl methyl sites for hydroxylation is 1. The van der Waals surface area contributed by atoms with Gasteiger partial charge in [0.05, 0.1) is 12.7 Å². The zero-order valence-electron chi connectivity index (χ0n) is 16.0. The number of aliphatic hydroxyl groups excluding tert-OH is 2. The summed E-state index contributed by atoms with van der Waals surface area (Å²) in [6.45, 7) is 4.44. The molecule has 0 radical (unpaired) electrons. The maximum absolute atomic E-state index is 11.7. The fraction of sp³-hybridized carbons (Fsp3) is 0.692. The van der Waals surface area contributed by atoms with Gasteiger partial charge in [-0.25, -0.2) is 9.36 Å². The summed E-state index contributed by atoms with van der Waals surface area (Å²) in [5, 5.41) is 17.8. The molecule has 16 heteroatoms. The first kappa shape index (κ1) is 35.7. The second-order valence-corrected chi connectivity index (χ2v) is 7.03. The van der Waals surface area contributed by atoms with E-state index < -0.39 is 44.1 Å². The van der Waals surface area contributed by atoms with Crippen LogP contribution in [0.15, 0.2) is 15.8 Å². The Kier molecular flexibility index (Phi) is 18.6. The Morgan fingerprint density at radius 2 is 1.79 bits per heavy atom. The minimum absolute atomic E-state index is 0. The molecule has 0 unspecified atom stereocenters. The molecular weight excluding hydrogens is 455 g/mol. The number of aromatic nitrogens is 2. The van der Waals surface area contributed by atoms with Crippen LogP contribution in [0.25, 0.3) is 0 Å². The predicted molar refractivity (Wildman–Crippen MR) is 96.8 cm³/mol. The maximum atomic E-state index is 11.7. The van der Waals surface area contributed by atoms with Crippen molar-refractivity contribution in [3.05, 3.63) is 32.6 Å². The molecule has 0 aromatic carbocycles. The van der Waals surface area contributed by atoms with Crippen LogP contribution >= 0.6 is 7.82 Å². The summed E-state index contributed by atoms with van der Waals surface area (Å²) in [6, 6.07) is 0. The van der Waals surface area contributed by atoms with Crippen LogP contribution in [0.5, 0.6) is 0 Å². The van der Waals surface area contributed by atoms with Gasteiger partial charge in [0.1, 0.15) is 12.3 Å². The van der Waals surface area contributed by atoms with E-state index in [1.165, 1.54) is 13.1 Å². The monoisotopic (exact) mass is 484 g/mol. The minimum Gasteiger partial charge on any atom is -0.412 e. The Morgan fingerprint density at radius 3 is 2.24 bits per heavy atom. The van der Waals surface area contributed by atoms with Crippen molar-refractivity contribution in [2.45, 2.75) is 51.7 Å². The van der Waals surface area contributed by atoms with Gasteiger partial charge in [-0.15, -0.1) is 0 Å². The molecule has 1 aromatic rings. The van der Waals surface area contributed by atoms with Crippen LogP contribution in [0.1, 0.15) is 32.1 Å². The van der Waals surface area contributed by atoms with Crippen LogP contribution in [0, 0.1) is 6.92 Å². The average molecular weight is 484 g/mol. The van der Waals surface area contributed by atoms with E-state index in [2.05, 4.69) is 9.51 Å². The average Bonchev–Trinajstić information content (AvgIpc) is 2.80. The van der Waals surface area contributed by atoms with Gasteiger partial charge in [0.25, 0.3) is 5.56 Å². The van der Waals surface area contributed by atoms with Crippen molar-refractivity contribution in [1.82, 2.24) is 9.55 Å². The predicted octanol–water partition coefficient (Wildman–Crippen LogP) is -3.49. The summed E-state index contributed by atoms with van der Waals surface area (Å²) < 4.78 is 21.4. The number of nitrogens with one attached hydrogen (secondary N) is 1. The molecule has 29 heavy (non-hydrogen) atoms. The van der Waals surface area contributed by atoms with Gasteiger partial charge < -0.3 is 41.2 Å². The molecule has 0 spiro atoms. The Bertz CT molecular complexity index is 730. The number of hydrogen-bond donors (Lipinski definition) is 5. The molecule has 1 aliphatic rings. The zero-order valence-corrected chi connectivity index (χ0v) is 18.5. The van der Waals surface area contributed by atoms with Crippen LogP contribution in [-0.2, 0) is 35.5 Å². The van der Waals surface area contributed by atoms with Gasteiger partial charge in [-0.3, -0.25) is 18.9 Å². The van der Waals surface area contributed by atoms with E-state index >= 15 is 0 Å². The first-order chi connectivity index (χ1) is 11.4. The Balaban J connectivity index is -0.000000359. The second kappa shape index (κ2) is 15.1. The van der Waals surface area contributed by atoms with Crippen molar-refractivity contribution in [3.63, 3.8) is 0 Å². The molecule has 0 amide bonds. The van der Waals surface area contributed by atoms with Gasteiger partial charge in [0.2, 0.25) is 0 Å². The molecule has 1 saturated heterocycles. The quantitative estimate of drug-likeness (QED) is 0.209. The van der Waals surface area contributed by atoms with Crippen LogP contribution in [0.2, 0.25) is 0 Å². The van der Waals surface area contributed by atoms with E-state index in [1.807, 2.05) is 0 Å². The first-order valence-electron chi connectivity index (χ1n) is 7.44. The van der Waals surface area contributed by atoms with E-state index in [4.69, 9.17) is 19.6 Å². The molecule has 1 aliphatic heterocycles. The molecule has 1 aromatic heterocycles. The normalized spacial score (nSPS) is 20.2. The van der Waals surface area contributed by atoms with E-state index in [-0.39, 0.29) is 50.7 Å². The van der Waals surface area contributed by atoms with Crippen LogP contribution in [0.4, 0.5) is 0 Å². The number of phosphoric ester groups is 1. The van der Waals surface area contributed by atoms with Crippen LogP contribution in [0.3, 0.4) is 0 Å². The Labute approximate surface area is 180 Å². The molecule has 11 N–H and O–H groups in total. The van der Waals surface area contributed by atoms with Crippen LogP contribution < -0.4 is 11.2 Å². The number of hydrogen-bond acceptors (Lipinski definition) is 7. The van der Waals surface area contributed by atoms with E-state index in [1.54, 1.807) is 13.8 Å². The number of rotatable bonds is 4. The third-order valence-electron chi connectivity index (χ3n) is 3.07. The SMILES string of the molecule is CC(C)O.Cc1cn([C@H]2C[C@H](O)[C@@H](COP(=O)(O)O)O2)c(=O)[nH]c1=O.O.O.O.[Ti]. The van der Waals surface area contributed by atoms with Crippen LogP contribution in [-0.4, -0.2) is 70.9 Å². The molecule has 0 aliphatic carbocycles. The summed E-state index contributed by atoms with van der Waals surface area (Å²) in [5.41, 5.74) is -0.918.